The Hall–Kier alpha value is -1.03. The van der Waals surface area contributed by atoms with Gasteiger partial charge in [0.25, 0.3) is 0 Å². The number of rotatable bonds is 7. The van der Waals surface area contributed by atoms with Crippen LogP contribution in [0.5, 0.6) is 0 Å². The zero-order valence-electron chi connectivity index (χ0n) is 12.5. The van der Waals surface area contributed by atoms with Gasteiger partial charge in [0.15, 0.2) is 0 Å². The highest BCUT2D eigenvalue weighted by Crippen LogP contribution is 2.29. The van der Waals surface area contributed by atoms with Crippen molar-refractivity contribution in [3.63, 3.8) is 0 Å². The Kier molecular flexibility index (Phi) is 6.53. The summed E-state index contributed by atoms with van der Waals surface area (Å²) in [4.78, 5) is 0. The molecular formula is C16H24F3N. The molecule has 1 unspecified atom stereocenters. The molecule has 0 aliphatic heterocycles. The van der Waals surface area contributed by atoms with Crippen molar-refractivity contribution in [2.45, 2.75) is 58.7 Å². The van der Waals surface area contributed by atoms with Crippen molar-refractivity contribution in [3.05, 3.63) is 34.9 Å². The third-order valence-corrected chi connectivity index (χ3v) is 3.48. The molecule has 20 heavy (non-hydrogen) atoms. The standard InChI is InChI=1S/C16H24F3N/c1-4-11-20-14(9-6-10-16(17,18)19)15-12(2)7-5-8-13(15)3/h5,7-8,14,20H,4,6,9-11H2,1-3H3. The third kappa shape index (κ3) is 5.53. The number of nitrogens with one attached hydrogen (secondary N) is 1. The Balaban J connectivity index is 2.78. The quantitative estimate of drug-likeness (QED) is 0.737. The Bertz CT molecular complexity index is 392. The van der Waals surface area contributed by atoms with Gasteiger partial charge in [-0.15, -0.1) is 0 Å². The van der Waals surface area contributed by atoms with Crippen LogP contribution in [0.15, 0.2) is 18.2 Å². The molecule has 1 aromatic carbocycles. The SMILES string of the molecule is CCCNC(CCCC(F)(F)F)c1c(C)cccc1C. The normalized spacial score (nSPS) is 13.5. The van der Waals surface area contributed by atoms with E-state index < -0.39 is 12.6 Å². The van der Waals surface area contributed by atoms with E-state index >= 15 is 0 Å². The first kappa shape index (κ1) is 17.0. The first-order valence-electron chi connectivity index (χ1n) is 7.21. The highest BCUT2D eigenvalue weighted by atomic mass is 19.4. The second-order valence-corrected chi connectivity index (χ2v) is 5.32. The van der Waals surface area contributed by atoms with Crippen LogP contribution in [0.1, 0.15) is 55.3 Å². The topological polar surface area (TPSA) is 12.0 Å². The van der Waals surface area contributed by atoms with Crippen LogP contribution < -0.4 is 5.32 Å². The highest BCUT2D eigenvalue weighted by Gasteiger charge is 2.27. The summed E-state index contributed by atoms with van der Waals surface area (Å²) >= 11 is 0. The minimum Gasteiger partial charge on any atom is -0.310 e. The lowest BCUT2D eigenvalue weighted by atomic mass is 9.92. The Morgan fingerprint density at radius 2 is 1.75 bits per heavy atom. The molecule has 0 radical (unpaired) electrons. The van der Waals surface area contributed by atoms with Gasteiger partial charge in [0.1, 0.15) is 0 Å². The van der Waals surface area contributed by atoms with Crippen LogP contribution in [-0.2, 0) is 0 Å². The summed E-state index contributed by atoms with van der Waals surface area (Å²) in [6.07, 6.45) is -3.11. The number of benzene rings is 1. The molecule has 0 aromatic heterocycles. The molecule has 0 saturated heterocycles. The molecule has 0 fully saturated rings. The summed E-state index contributed by atoms with van der Waals surface area (Å²) < 4.78 is 36.9. The van der Waals surface area contributed by atoms with Crippen LogP contribution in [-0.4, -0.2) is 12.7 Å². The lowest BCUT2D eigenvalue weighted by Crippen LogP contribution is -2.24. The van der Waals surface area contributed by atoms with Crippen molar-refractivity contribution in [1.29, 1.82) is 0 Å². The van der Waals surface area contributed by atoms with Crippen LogP contribution in [0.25, 0.3) is 0 Å². The zero-order chi connectivity index (χ0) is 15.2. The number of alkyl halides is 3. The third-order valence-electron chi connectivity index (χ3n) is 3.48. The molecule has 1 atom stereocenters. The summed E-state index contributed by atoms with van der Waals surface area (Å²) in [7, 11) is 0. The van der Waals surface area contributed by atoms with Gasteiger partial charge in [-0.05, 0) is 56.3 Å². The Labute approximate surface area is 119 Å². The predicted molar refractivity (Wildman–Crippen MR) is 76.9 cm³/mol. The maximum absolute atomic E-state index is 12.3. The van der Waals surface area contributed by atoms with Gasteiger partial charge < -0.3 is 5.32 Å². The van der Waals surface area contributed by atoms with E-state index in [1.54, 1.807) is 0 Å². The van der Waals surface area contributed by atoms with E-state index in [0.717, 1.165) is 29.7 Å². The second kappa shape index (κ2) is 7.67. The number of aryl methyl sites for hydroxylation is 2. The second-order valence-electron chi connectivity index (χ2n) is 5.32. The van der Waals surface area contributed by atoms with Gasteiger partial charge in [0, 0.05) is 12.5 Å². The van der Waals surface area contributed by atoms with Crippen molar-refractivity contribution in [2.24, 2.45) is 0 Å². The molecule has 114 valence electrons. The largest absolute Gasteiger partial charge is 0.389 e. The minimum absolute atomic E-state index is 0.0125. The fourth-order valence-electron chi connectivity index (χ4n) is 2.55. The molecular weight excluding hydrogens is 263 g/mol. The molecule has 0 saturated carbocycles. The molecule has 1 aromatic rings. The Morgan fingerprint density at radius 3 is 2.25 bits per heavy atom. The molecule has 0 aliphatic carbocycles. The van der Waals surface area contributed by atoms with E-state index in [1.807, 2.05) is 32.0 Å². The Morgan fingerprint density at radius 1 is 1.15 bits per heavy atom. The summed E-state index contributed by atoms with van der Waals surface area (Å²) in [5.41, 5.74) is 3.44. The van der Waals surface area contributed by atoms with Crippen molar-refractivity contribution in [2.75, 3.05) is 6.54 Å². The average molecular weight is 287 g/mol. The van der Waals surface area contributed by atoms with Crippen LogP contribution >= 0.6 is 0 Å². The fourth-order valence-corrected chi connectivity index (χ4v) is 2.55. The maximum Gasteiger partial charge on any atom is 0.389 e. The molecule has 0 aliphatic rings. The number of hydrogen-bond donors (Lipinski definition) is 1. The van der Waals surface area contributed by atoms with Crippen molar-refractivity contribution < 1.29 is 13.2 Å². The molecule has 1 nitrogen and oxygen atoms in total. The van der Waals surface area contributed by atoms with E-state index in [9.17, 15) is 13.2 Å². The van der Waals surface area contributed by atoms with Gasteiger partial charge in [-0.1, -0.05) is 25.1 Å². The summed E-state index contributed by atoms with van der Waals surface area (Å²) in [6, 6.07) is 6.04. The molecule has 1 N–H and O–H groups in total. The van der Waals surface area contributed by atoms with Gasteiger partial charge in [-0.2, -0.15) is 13.2 Å². The van der Waals surface area contributed by atoms with Gasteiger partial charge >= 0.3 is 6.18 Å². The van der Waals surface area contributed by atoms with Gasteiger partial charge in [-0.3, -0.25) is 0 Å². The average Bonchev–Trinajstić information content (AvgIpc) is 2.33. The van der Waals surface area contributed by atoms with E-state index in [2.05, 4.69) is 12.2 Å². The molecule has 0 bridgehead atoms. The van der Waals surface area contributed by atoms with Crippen molar-refractivity contribution in [3.8, 4) is 0 Å². The summed E-state index contributed by atoms with van der Waals surface area (Å²) in [5.74, 6) is 0. The van der Waals surface area contributed by atoms with E-state index in [4.69, 9.17) is 0 Å². The van der Waals surface area contributed by atoms with Crippen LogP contribution in [0.2, 0.25) is 0 Å². The highest BCUT2D eigenvalue weighted by molar-refractivity contribution is 5.36. The van der Waals surface area contributed by atoms with Gasteiger partial charge in [-0.25, -0.2) is 0 Å². The zero-order valence-corrected chi connectivity index (χ0v) is 12.5. The smallest absolute Gasteiger partial charge is 0.310 e. The molecule has 4 heteroatoms. The van der Waals surface area contributed by atoms with Gasteiger partial charge in [0.05, 0.1) is 0 Å². The molecule has 0 heterocycles. The lowest BCUT2D eigenvalue weighted by molar-refractivity contribution is -0.135. The minimum atomic E-state index is -4.06. The maximum atomic E-state index is 12.3. The van der Waals surface area contributed by atoms with Crippen LogP contribution in [0, 0.1) is 13.8 Å². The molecule has 0 spiro atoms. The number of halogens is 3. The van der Waals surface area contributed by atoms with E-state index in [-0.39, 0.29) is 12.5 Å². The van der Waals surface area contributed by atoms with Gasteiger partial charge in [0.2, 0.25) is 0 Å². The van der Waals surface area contributed by atoms with Crippen LogP contribution in [0.4, 0.5) is 13.2 Å². The van der Waals surface area contributed by atoms with Crippen LogP contribution in [0.3, 0.4) is 0 Å². The fraction of sp³-hybridized carbons (Fsp3) is 0.625. The number of hydrogen-bond acceptors (Lipinski definition) is 1. The molecule has 0 amide bonds. The summed E-state index contributed by atoms with van der Waals surface area (Å²) in [5, 5.41) is 3.39. The van der Waals surface area contributed by atoms with E-state index in [1.165, 1.54) is 0 Å². The first-order chi connectivity index (χ1) is 9.35. The molecule has 1 rings (SSSR count). The van der Waals surface area contributed by atoms with Crippen molar-refractivity contribution >= 4 is 0 Å². The van der Waals surface area contributed by atoms with Crippen molar-refractivity contribution in [1.82, 2.24) is 5.32 Å². The predicted octanol–water partition coefficient (Wildman–Crippen LogP) is 5.08. The monoisotopic (exact) mass is 287 g/mol. The first-order valence-corrected chi connectivity index (χ1v) is 7.21. The summed E-state index contributed by atoms with van der Waals surface area (Å²) in [6.45, 7) is 6.92. The lowest BCUT2D eigenvalue weighted by Gasteiger charge is -2.23. The van der Waals surface area contributed by atoms with E-state index in [0.29, 0.717) is 6.42 Å².